The second-order valence-electron chi connectivity index (χ2n) is 5.42. The number of hydrogen-bond acceptors (Lipinski definition) is 6. The molecule has 1 aliphatic rings. The standard InChI is InChI=1S/C16H21N5O2/c1-2-20-7-9-21(10-8-20)15(22)14-5-6-17-16(19-14)18-12-13-4-3-11-23-13/h3-6,11H,2,7-10,12H2,1H3,(H,17,18,19). The fourth-order valence-electron chi connectivity index (χ4n) is 2.57. The van der Waals surface area contributed by atoms with Gasteiger partial charge in [-0.15, -0.1) is 0 Å². The van der Waals surface area contributed by atoms with Gasteiger partial charge in [0.05, 0.1) is 12.8 Å². The van der Waals surface area contributed by atoms with E-state index in [-0.39, 0.29) is 5.91 Å². The molecule has 7 heteroatoms. The summed E-state index contributed by atoms with van der Waals surface area (Å²) in [5, 5.41) is 3.07. The second-order valence-corrected chi connectivity index (χ2v) is 5.42. The van der Waals surface area contributed by atoms with Crippen LogP contribution in [0.1, 0.15) is 23.2 Å². The van der Waals surface area contributed by atoms with Crippen molar-refractivity contribution in [1.29, 1.82) is 0 Å². The molecule has 0 atom stereocenters. The van der Waals surface area contributed by atoms with Crippen molar-refractivity contribution in [3.63, 3.8) is 0 Å². The zero-order chi connectivity index (χ0) is 16.1. The lowest BCUT2D eigenvalue weighted by atomic mass is 10.2. The molecule has 3 heterocycles. The summed E-state index contributed by atoms with van der Waals surface area (Å²) in [6.45, 7) is 6.96. The van der Waals surface area contributed by atoms with Crippen LogP contribution in [0.3, 0.4) is 0 Å². The van der Waals surface area contributed by atoms with Crippen molar-refractivity contribution in [2.45, 2.75) is 13.5 Å². The minimum atomic E-state index is -0.0378. The first-order valence-corrected chi connectivity index (χ1v) is 7.87. The van der Waals surface area contributed by atoms with Gasteiger partial charge in [0.25, 0.3) is 5.91 Å². The Morgan fingerprint density at radius 3 is 2.83 bits per heavy atom. The van der Waals surface area contributed by atoms with Crippen LogP contribution < -0.4 is 5.32 Å². The van der Waals surface area contributed by atoms with Crippen molar-refractivity contribution in [2.24, 2.45) is 0 Å². The summed E-state index contributed by atoms with van der Waals surface area (Å²) in [7, 11) is 0. The average Bonchev–Trinajstić information content (AvgIpc) is 3.13. The van der Waals surface area contributed by atoms with Gasteiger partial charge in [0.15, 0.2) is 0 Å². The van der Waals surface area contributed by atoms with Gasteiger partial charge >= 0.3 is 0 Å². The predicted molar refractivity (Wildman–Crippen MR) is 86.1 cm³/mol. The molecule has 2 aromatic rings. The molecule has 0 aliphatic carbocycles. The summed E-state index contributed by atoms with van der Waals surface area (Å²) in [6, 6.07) is 5.36. The monoisotopic (exact) mass is 315 g/mol. The van der Waals surface area contributed by atoms with Crippen molar-refractivity contribution in [2.75, 3.05) is 38.0 Å². The molecule has 3 rings (SSSR count). The van der Waals surface area contributed by atoms with Crippen LogP contribution >= 0.6 is 0 Å². The molecule has 7 nitrogen and oxygen atoms in total. The van der Waals surface area contributed by atoms with Crippen LogP contribution in [0.15, 0.2) is 35.1 Å². The van der Waals surface area contributed by atoms with Crippen LogP contribution in [-0.4, -0.2) is 58.4 Å². The molecule has 23 heavy (non-hydrogen) atoms. The topological polar surface area (TPSA) is 74.5 Å². The Labute approximate surface area is 135 Å². The number of likely N-dealkylation sites (N-methyl/N-ethyl adjacent to an activating group) is 1. The number of nitrogens with zero attached hydrogens (tertiary/aromatic N) is 4. The highest BCUT2D eigenvalue weighted by Gasteiger charge is 2.22. The molecular weight excluding hydrogens is 294 g/mol. The van der Waals surface area contributed by atoms with E-state index in [0.29, 0.717) is 18.2 Å². The summed E-state index contributed by atoms with van der Waals surface area (Å²) >= 11 is 0. The van der Waals surface area contributed by atoms with E-state index < -0.39 is 0 Å². The number of piperazine rings is 1. The molecule has 1 fully saturated rings. The molecule has 0 saturated carbocycles. The van der Waals surface area contributed by atoms with Gasteiger partial charge in [-0.2, -0.15) is 0 Å². The summed E-state index contributed by atoms with van der Waals surface area (Å²) < 4.78 is 5.25. The Bertz CT molecular complexity index is 636. The van der Waals surface area contributed by atoms with E-state index in [9.17, 15) is 4.79 Å². The molecule has 0 bridgehead atoms. The molecule has 1 amide bonds. The van der Waals surface area contributed by atoms with Gasteiger partial charge in [-0.1, -0.05) is 6.92 Å². The normalized spacial score (nSPS) is 15.6. The van der Waals surface area contributed by atoms with E-state index in [1.807, 2.05) is 17.0 Å². The Balaban J connectivity index is 1.61. The molecule has 2 aromatic heterocycles. The van der Waals surface area contributed by atoms with Crippen LogP contribution in [0.2, 0.25) is 0 Å². The van der Waals surface area contributed by atoms with E-state index in [4.69, 9.17) is 4.42 Å². The predicted octanol–water partition coefficient (Wildman–Crippen LogP) is 1.46. The van der Waals surface area contributed by atoms with Crippen molar-refractivity contribution in [1.82, 2.24) is 19.8 Å². The van der Waals surface area contributed by atoms with Gasteiger partial charge in [0.1, 0.15) is 11.5 Å². The summed E-state index contributed by atoms with van der Waals surface area (Å²) in [6.07, 6.45) is 3.22. The van der Waals surface area contributed by atoms with Crippen LogP contribution in [0.25, 0.3) is 0 Å². The SMILES string of the molecule is CCN1CCN(C(=O)c2ccnc(NCc3ccco3)n2)CC1. The second kappa shape index (κ2) is 7.23. The van der Waals surface area contributed by atoms with Crippen LogP contribution in [0.5, 0.6) is 0 Å². The number of nitrogens with one attached hydrogen (secondary N) is 1. The highest BCUT2D eigenvalue weighted by molar-refractivity contribution is 5.92. The van der Waals surface area contributed by atoms with Gasteiger partial charge in [-0.3, -0.25) is 4.79 Å². The Morgan fingerprint density at radius 1 is 1.30 bits per heavy atom. The molecule has 1 saturated heterocycles. The quantitative estimate of drug-likeness (QED) is 0.900. The van der Waals surface area contributed by atoms with Crippen LogP contribution in [-0.2, 0) is 6.54 Å². The number of hydrogen-bond donors (Lipinski definition) is 1. The molecule has 0 radical (unpaired) electrons. The Kier molecular flexibility index (Phi) is 4.87. The lowest BCUT2D eigenvalue weighted by Gasteiger charge is -2.33. The Morgan fingerprint density at radius 2 is 2.13 bits per heavy atom. The number of anilines is 1. The largest absolute Gasteiger partial charge is 0.467 e. The average molecular weight is 315 g/mol. The van der Waals surface area contributed by atoms with Crippen molar-refractivity contribution in [3.8, 4) is 0 Å². The zero-order valence-corrected chi connectivity index (χ0v) is 13.2. The minimum absolute atomic E-state index is 0.0378. The lowest BCUT2D eigenvalue weighted by Crippen LogP contribution is -2.48. The third-order valence-electron chi connectivity index (χ3n) is 3.98. The lowest BCUT2D eigenvalue weighted by molar-refractivity contribution is 0.0637. The summed E-state index contributed by atoms with van der Waals surface area (Å²) in [5.41, 5.74) is 0.423. The Hall–Kier alpha value is -2.41. The molecule has 0 spiro atoms. The third kappa shape index (κ3) is 3.87. The summed E-state index contributed by atoms with van der Waals surface area (Å²) in [4.78, 5) is 25.2. The van der Waals surface area contributed by atoms with E-state index >= 15 is 0 Å². The van der Waals surface area contributed by atoms with E-state index in [2.05, 4.69) is 27.1 Å². The molecule has 0 aromatic carbocycles. The highest BCUT2D eigenvalue weighted by atomic mass is 16.3. The first-order chi connectivity index (χ1) is 11.3. The zero-order valence-electron chi connectivity index (χ0n) is 13.2. The van der Waals surface area contributed by atoms with E-state index in [0.717, 1.165) is 38.5 Å². The molecule has 0 unspecified atom stereocenters. The molecular formula is C16H21N5O2. The van der Waals surface area contributed by atoms with Gasteiger partial charge < -0.3 is 19.5 Å². The van der Waals surface area contributed by atoms with Crippen LogP contribution in [0.4, 0.5) is 5.95 Å². The third-order valence-corrected chi connectivity index (χ3v) is 3.98. The number of amides is 1. The molecule has 1 aliphatic heterocycles. The van der Waals surface area contributed by atoms with Crippen LogP contribution in [0, 0.1) is 0 Å². The number of carbonyl (C=O) groups is 1. The fourth-order valence-corrected chi connectivity index (χ4v) is 2.57. The first kappa shape index (κ1) is 15.5. The fraction of sp³-hybridized carbons (Fsp3) is 0.438. The number of rotatable bonds is 5. The number of carbonyl (C=O) groups excluding carboxylic acids is 1. The number of furan rings is 1. The van der Waals surface area contributed by atoms with Gasteiger partial charge in [-0.25, -0.2) is 9.97 Å². The molecule has 1 N–H and O–H groups in total. The van der Waals surface area contributed by atoms with Crippen molar-refractivity contribution in [3.05, 3.63) is 42.1 Å². The van der Waals surface area contributed by atoms with E-state index in [1.165, 1.54) is 0 Å². The first-order valence-electron chi connectivity index (χ1n) is 7.87. The summed E-state index contributed by atoms with van der Waals surface area (Å²) in [5.74, 6) is 1.18. The van der Waals surface area contributed by atoms with Gasteiger partial charge in [0, 0.05) is 32.4 Å². The maximum absolute atomic E-state index is 12.6. The van der Waals surface area contributed by atoms with Gasteiger partial charge in [0.2, 0.25) is 5.95 Å². The maximum atomic E-state index is 12.6. The smallest absolute Gasteiger partial charge is 0.272 e. The molecule has 122 valence electrons. The minimum Gasteiger partial charge on any atom is -0.467 e. The number of aromatic nitrogens is 2. The van der Waals surface area contributed by atoms with E-state index in [1.54, 1.807) is 18.5 Å². The van der Waals surface area contributed by atoms with Gasteiger partial charge in [-0.05, 0) is 24.7 Å². The van der Waals surface area contributed by atoms with Crippen molar-refractivity contribution >= 4 is 11.9 Å². The van der Waals surface area contributed by atoms with Crippen molar-refractivity contribution < 1.29 is 9.21 Å². The highest BCUT2D eigenvalue weighted by Crippen LogP contribution is 2.09. The maximum Gasteiger partial charge on any atom is 0.272 e.